The van der Waals surface area contributed by atoms with Crippen molar-refractivity contribution >= 4 is 11.7 Å². The Morgan fingerprint density at radius 1 is 1.71 bits per heavy atom. The molecule has 1 aromatic rings. The van der Waals surface area contributed by atoms with Gasteiger partial charge >= 0.3 is 0 Å². The maximum Gasteiger partial charge on any atom is 0.227 e. The highest BCUT2D eigenvalue weighted by Gasteiger charge is 2.17. The van der Waals surface area contributed by atoms with E-state index in [2.05, 4.69) is 20.8 Å². The Kier molecular flexibility index (Phi) is 4.11. The SMILES string of the molecule is CCc1cc(NC(=O)CC2COCCN2)n[nH]1. The molecule has 1 aliphatic heterocycles. The highest BCUT2D eigenvalue weighted by molar-refractivity contribution is 5.90. The van der Waals surface area contributed by atoms with Crippen molar-refractivity contribution < 1.29 is 9.53 Å². The van der Waals surface area contributed by atoms with E-state index in [0.717, 1.165) is 25.3 Å². The van der Waals surface area contributed by atoms with Gasteiger partial charge in [-0.25, -0.2) is 0 Å². The Balaban J connectivity index is 1.79. The quantitative estimate of drug-likeness (QED) is 0.704. The number of nitrogens with zero attached hydrogens (tertiary/aromatic N) is 1. The number of carbonyl (C=O) groups is 1. The van der Waals surface area contributed by atoms with Crippen molar-refractivity contribution in [3.8, 4) is 0 Å². The molecule has 1 unspecified atom stereocenters. The molecule has 2 rings (SSSR count). The number of hydrogen-bond acceptors (Lipinski definition) is 4. The number of amides is 1. The van der Waals surface area contributed by atoms with Crippen LogP contribution >= 0.6 is 0 Å². The van der Waals surface area contributed by atoms with Gasteiger partial charge in [-0.1, -0.05) is 6.92 Å². The van der Waals surface area contributed by atoms with E-state index in [9.17, 15) is 4.79 Å². The molecule has 0 aliphatic carbocycles. The topological polar surface area (TPSA) is 79.0 Å². The fourth-order valence-corrected chi connectivity index (χ4v) is 1.78. The lowest BCUT2D eigenvalue weighted by Gasteiger charge is -2.22. The maximum absolute atomic E-state index is 11.7. The molecule has 6 heteroatoms. The molecule has 1 amide bonds. The zero-order valence-corrected chi connectivity index (χ0v) is 9.95. The second-order valence-electron chi connectivity index (χ2n) is 4.11. The first-order valence-electron chi connectivity index (χ1n) is 5.93. The Bertz CT molecular complexity index is 371. The van der Waals surface area contributed by atoms with E-state index in [4.69, 9.17) is 4.74 Å². The molecule has 6 nitrogen and oxygen atoms in total. The van der Waals surface area contributed by atoms with Crippen LogP contribution in [-0.4, -0.2) is 41.9 Å². The van der Waals surface area contributed by atoms with Gasteiger partial charge in [-0.05, 0) is 6.42 Å². The number of aromatic amines is 1. The molecule has 1 aliphatic rings. The van der Waals surface area contributed by atoms with E-state index in [1.165, 1.54) is 0 Å². The predicted molar refractivity (Wildman–Crippen MR) is 63.8 cm³/mol. The first-order valence-corrected chi connectivity index (χ1v) is 5.93. The third kappa shape index (κ3) is 3.54. The monoisotopic (exact) mass is 238 g/mol. The summed E-state index contributed by atoms with van der Waals surface area (Å²) in [6.07, 6.45) is 1.29. The number of aromatic nitrogens is 2. The van der Waals surface area contributed by atoms with E-state index < -0.39 is 0 Å². The van der Waals surface area contributed by atoms with Gasteiger partial charge in [0.15, 0.2) is 5.82 Å². The third-order valence-corrected chi connectivity index (χ3v) is 2.71. The summed E-state index contributed by atoms with van der Waals surface area (Å²) in [5.74, 6) is 0.547. The molecule has 1 aromatic heterocycles. The third-order valence-electron chi connectivity index (χ3n) is 2.71. The van der Waals surface area contributed by atoms with E-state index in [1.807, 2.05) is 13.0 Å². The van der Waals surface area contributed by atoms with Gasteiger partial charge in [-0.15, -0.1) is 0 Å². The van der Waals surface area contributed by atoms with Crippen molar-refractivity contribution in [3.63, 3.8) is 0 Å². The number of carbonyl (C=O) groups excluding carboxylic acids is 1. The van der Waals surface area contributed by atoms with E-state index in [1.54, 1.807) is 0 Å². The summed E-state index contributed by atoms with van der Waals surface area (Å²) in [5.41, 5.74) is 1.01. The van der Waals surface area contributed by atoms with Crippen LogP contribution in [0.3, 0.4) is 0 Å². The molecule has 1 atom stereocenters. The van der Waals surface area contributed by atoms with Crippen LogP contribution in [0.25, 0.3) is 0 Å². The van der Waals surface area contributed by atoms with Crippen LogP contribution in [0.1, 0.15) is 19.0 Å². The minimum Gasteiger partial charge on any atom is -0.378 e. The van der Waals surface area contributed by atoms with Crippen LogP contribution in [0.4, 0.5) is 5.82 Å². The standard InChI is InChI=1S/C11H18N4O2/c1-2-8-5-10(15-14-8)13-11(16)6-9-7-17-4-3-12-9/h5,9,12H,2-4,6-7H2,1H3,(H2,13,14,15,16). The zero-order valence-electron chi connectivity index (χ0n) is 9.95. The average Bonchev–Trinajstić information content (AvgIpc) is 2.78. The maximum atomic E-state index is 11.7. The fraction of sp³-hybridized carbons (Fsp3) is 0.636. The van der Waals surface area contributed by atoms with Crippen molar-refractivity contribution in [1.82, 2.24) is 15.5 Å². The lowest BCUT2D eigenvalue weighted by atomic mass is 10.2. The Morgan fingerprint density at radius 2 is 2.59 bits per heavy atom. The molecule has 3 N–H and O–H groups in total. The molecule has 0 radical (unpaired) electrons. The minimum atomic E-state index is -0.0397. The van der Waals surface area contributed by atoms with Gasteiger partial charge in [-0.2, -0.15) is 5.10 Å². The molecule has 17 heavy (non-hydrogen) atoms. The molecule has 0 bridgehead atoms. The van der Waals surface area contributed by atoms with Crippen molar-refractivity contribution in [1.29, 1.82) is 0 Å². The van der Waals surface area contributed by atoms with Gasteiger partial charge in [0.25, 0.3) is 0 Å². The summed E-state index contributed by atoms with van der Waals surface area (Å²) < 4.78 is 5.29. The van der Waals surface area contributed by atoms with Crippen LogP contribution in [-0.2, 0) is 16.0 Å². The highest BCUT2D eigenvalue weighted by atomic mass is 16.5. The Labute approximate surface area is 100 Å². The van der Waals surface area contributed by atoms with E-state index in [-0.39, 0.29) is 11.9 Å². The van der Waals surface area contributed by atoms with Crippen molar-refractivity contribution in [2.45, 2.75) is 25.8 Å². The van der Waals surface area contributed by atoms with Gasteiger partial charge in [0, 0.05) is 30.8 Å². The van der Waals surface area contributed by atoms with Crippen LogP contribution in [0, 0.1) is 0 Å². The fourth-order valence-electron chi connectivity index (χ4n) is 1.78. The van der Waals surface area contributed by atoms with Crippen LogP contribution in [0.2, 0.25) is 0 Å². The number of aryl methyl sites for hydroxylation is 1. The van der Waals surface area contributed by atoms with Crippen LogP contribution < -0.4 is 10.6 Å². The van der Waals surface area contributed by atoms with Crippen molar-refractivity contribution in [2.75, 3.05) is 25.1 Å². The number of anilines is 1. The Hall–Kier alpha value is -1.40. The van der Waals surface area contributed by atoms with E-state index >= 15 is 0 Å². The van der Waals surface area contributed by atoms with E-state index in [0.29, 0.717) is 18.8 Å². The van der Waals surface area contributed by atoms with Gasteiger partial charge in [0.1, 0.15) is 0 Å². The molecular weight excluding hydrogens is 220 g/mol. The Morgan fingerprint density at radius 3 is 3.24 bits per heavy atom. The highest BCUT2D eigenvalue weighted by Crippen LogP contribution is 2.07. The minimum absolute atomic E-state index is 0.0397. The molecule has 94 valence electrons. The molecule has 2 heterocycles. The van der Waals surface area contributed by atoms with Crippen molar-refractivity contribution in [2.24, 2.45) is 0 Å². The van der Waals surface area contributed by atoms with Gasteiger partial charge in [0.2, 0.25) is 5.91 Å². The summed E-state index contributed by atoms with van der Waals surface area (Å²) in [7, 11) is 0. The number of ether oxygens (including phenoxy) is 1. The smallest absolute Gasteiger partial charge is 0.227 e. The second kappa shape index (κ2) is 5.79. The molecule has 1 saturated heterocycles. The van der Waals surface area contributed by atoms with Gasteiger partial charge in [0.05, 0.1) is 13.2 Å². The number of nitrogens with one attached hydrogen (secondary N) is 3. The largest absolute Gasteiger partial charge is 0.378 e. The number of morpholine rings is 1. The lowest BCUT2D eigenvalue weighted by molar-refractivity contribution is -0.117. The zero-order chi connectivity index (χ0) is 12.1. The molecule has 0 saturated carbocycles. The predicted octanol–water partition coefficient (Wildman–Crippen LogP) is 0.289. The summed E-state index contributed by atoms with van der Waals surface area (Å²) in [4.78, 5) is 11.7. The molecule has 1 fully saturated rings. The van der Waals surface area contributed by atoms with Crippen molar-refractivity contribution in [3.05, 3.63) is 11.8 Å². The summed E-state index contributed by atoms with van der Waals surface area (Å²) in [5, 5.41) is 12.9. The average molecular weight is 238 g/mol. The second-order valence-corrected chi connectivity index (χ2v) is 4.11. The normalized spacial score (nSPS) is 20.2. The molecule has 0 aromatic carbocycles. The van der Waals surface area contributed by atoms with Crippen LogP contribution in [0.5, 0.6) is 0 Å². The number of rotatable bonds is 4. The lowest BCUT2D eigenvalue weighted by Crippen LogP contribution is -2.43. The number of H-pyrrole nitrogens is 1. The van der Waals surface area contributed by atoms with Gasteiger partial charge < -0.3 is 15.4 Å². The number of hydrogen-bond donors (Lipinski definition) is 3. The summed E-state index contributed by atoms with van der Waals surface area (Å²) in [6, 6.07) is 1.95. The first-order chi connectivity index (χ1) is 8.28. The van der Waals surface area contributed by atoms with Gasteiger partial charge in [-0.3, -0.25) is 9.89 Å². The first kappa shape index (κ1) is 12.1. The summed E-state index contributed by atoms with van der Waals surface area (Å²) >= 11 is 0. The van der Waals surface area contributed by atoms with Crippen LogP contribution in [0.15, 0.2) is 6.07 Å². The molecule has 0 spiro atoms. The molecular formula is C11H18N4O2. The summed E-state index contributed by atoms with van der Waals surface area (Å²) in [6.45, 7) is 4.15.